The fraction of sp³-hybridized carbons (Fsp3) is 0.625. The summed E-state index contributed by atoms with van der Waals surface area (Å²) in [6, 6.07) is 6.99. The maximum atomic E-state index is 5.84. The van der Waals surface area contributed by atoms with Crippen LogP contribution < -0.4 is 14.8 Å². The minimum Gasteiger partial charge on any atom is -0.493 e. The Bertz CT molecular complexity index is 423. The van der Waals surface area contributed by atoms with E-state index in [-0.39, 0.29) is 0 Å². The molecule has 1 saturated carbocycles. The van der Waals surface area contributed by atoms with Gasteiger partial charge in [0.05, 0.1) is 13.7 Å². The second kappa shape index (κ2) is 5.83. The van der Waals surface area contributed by atoms with Crippen LogP contribution in [0.4, 0.5) is 0 Å². The highest BCUT2D eigenvalue weighted by molar-refractivity contribution is 5.43. The lowest BCUT2D eigenvalue weighted by molar-refractivity contribution is 0.280. The first-order valence-corrected chi connectivity index (χ1v) is 7.38. The SMILES string of the molecule is COc1cc(CC2CCCN2)ccc1OCC1CC1. The molecule has 1 aromatic rings. The molecule has 0 amide bonds. The van der Waals surface area contributed by atoms with Crippen LogP contribution in [-0.4, -0.2) is 26.3 Å². The molecule has 0 spiro atoms. The van der Waals surface area contributed by atoms with E-state index < -0.39 is 0 Å². The van der Waals surface area contributed by atoms with Crippen molar-refractivity contribution in [3.63, 3.8) is 0 Å². The molecule has 1 atom stereocenters. The Balaban J connectivity index is 1.64. The van der Waals surface area contributed by atoms with Crippen molar-refractivity contribution >= 4 is 0 Å². The summed E-state index contributed by atoms with van der Waals surface area (Å²) in [5.41, 5.74) is 1.33. The largest absolute Gasteiger partial charge is 0.493 e. The standard InChI is InChI=1S/C16H23NO2/c1-18-16-10-13(9-14-3-2-8-17-14)6-7-15(16)19-11-12-4-5-12/h6-7,10,12,14,17H,2-5,8-9,11H2,1H3. The molecule has 1 aliphatic heterocycles. The summed E-state index contributed by atoms with van der Waals surface area (Å²) in [5.74, 6) is 2.53. The van der Waals surface area contributed by atoms with E-state index >= 15 is 0 Å². The van der Waals surface area contributed by atoms with Crippen molar-refractivity contribution in [2.75, 3.05) is 20.3 Å². The topological polar surface area (TPSA) is 30.5 Å². The number of hydrogen-bond acceptors (Lipinski definition) is 3. The third kappa shape index (κ3) is 3.41. The molecule has 1 heterocycles. The van der Waals surface area contributed by atoms with E-state index in [1.54, 1.807) is 7.11 Å². The van der Waals surface area contributed by atoms with Gasteiger partial charge in [-0.05, 0) is 62.3 Å². The number of methoxy groups -OCH3 is 1. The van der Waals surface area contributed by atoms with Gasteiger partial charge in [0, 0.05) is 6.04 Å². The molecule has 2 aliphatic rings. The zero-order chi connectivity index (χ0) is 13.1. The van der Waals surface area contributed by atoms with E-state index in [0.29, 0.717) is 6.04 Å². The maximum absolute atomic E-state index is 5.84. The second-order valence-corrected chi connectivity index (χ2v) is 5.74. The highest BCUT2D eigenvalue weighted by Crippen LogP contribution is 2.33. The molecule has 104 valence electrons. The van der Waals surface area contributed by atoms with E-state index in [2.05, 4.69) is 23.5 Å². The number of hydrogen-bond donors (Lipinski definition) is 1. The Morgan fingerprint density at radius 3 is 2.79 bits per heavy atom. The Kier molecular flexibility index (Phi) is 3.92. The smallest absolute Gasteiger partial charge is 0.161 e. The van der Waals surface area contributed by atoms with E-state index in [9.17, 15) is 0 Å². The molecule has 0 bridgehead atoms. The third-order valence-electron chi connectivity index (χ3n) is 4.04. The minimum atomic E-state index is 0.628. The van der Waals surface area contributed by atoms with Gasteiger partial charge in [-0.1, -0.05) is 6.07 Å². The highest BCUT2D eigenvalue weighted by Gasteiger charge is 2.22. The lowest BCUT2D eigenvalue weighted by atomic mass is 10.0. The summed E-state index contributed by atoms with van der Waals surface area (Å²) in [6.07, 6.45) is 6.29. The second-order valence-electron chi connectivity index (χ2n) is 5.74. The molecule has 3 nitrogen and oxygen atoms in total. The van der Waals surface area contributed by atoms with E-state index in [1.807, 2.05) is 0 Å². The zero-order valence-electron chi connectivity index (χ0n) is 11.7. The fourth-order valence-electron chi connectivity index (χ4n) is 2.67. The molecule has 2 fully saturated rings. The highest BCUT2D eigenvalue weighted by atomic mass is 16.5. The van der Waals surface area contributed by atoms with Crippen LogP contribution in [0.15, 0.2) is 18.2 Å². The summed E-state index contributed by atoms with van der Waals surface area (Å²) >= 11 is 0. The molecule has 0 aromatic heterocycles. The summed E-state index contributed by atoms with van der Waals surface area (Å²) in [5, 5.41) is 3.53. The van der Waals surface area contributed by atoms with Crippen LogP contribution in [0, 0.1) is 5.92 Å². The fourth-order valence-corrected chi connectivity index (χ4v) is 2.67. The Labute approximate surface area is 115 Å². The van der Waals surface area contributed by atoms with Gasteiger partial charge in [-0.2, -0.15) is 0 Å². The predicted octanol–water partition coefficient (Wildman–Crippen LogP) is 2.78. The Hall–Kier alpha value is -1.22. The van der Waals surface area contributed by atoms with Crippen molar-refractivity contribution in [2.24, 2.45) is 5.92 Å². The summed E-state index contributed by atoms with van der Waals surface area (Å²) in [7, 11) is 1.72. The van der Waals surface area contributed by atoms with Gasteiger partial charge in [0.15, 0.2) is 11.5 Å². The van der Waals surface area contributed by atoms with Gasteiger partial charge >= 0.3 is 0 Å². The Morgan fingerprint density at radius 1 is 1.21 bits per heavy atom. The molecule has 3 rings (SSSR count). The molecule has 3 heteroatoms. The number of benzene rings is 1. The van der Waals surface area contributed by atoms with Crippen LogP contribution in [0.5, 0.6) is 11.5 Å². The average molecular weight is 261 g/mol. The summed E-state index contributed by atoms with van der Waals surface area (Å²) in [6.45, 7) is 1.99. The van der Waals surface area contributed by atoms with Crippen molar-refractivity contribution in [3.8, 4) is 11.5 Å². The molecule has 1 aromatic carbocycles. The normalized spacial score (nSPS) is 22.5. The maximum Gasteiger partial charge on any atom is 0.161 e. The van der Waals surface area contributed by atoms with Gasteiger partial charge < -0.3 is 14.8 Å². The third-order valence-corrected chi connectivity index (χ3v) is 4.04. The van der Waals surface area contributed by atoms with Crippen molar-refractivity contribution in [1.29, 1.82) is 0 Å². The predicted molar refractivity (Wildman–Crippen MR) is 75.9 cm³/mol. The van der Waals surface area contributed by atoms with Gasteiger partial charge in [0.2, 0.25) is 0 Å². The van der Waals surface area contributed by atoms with Gasteiger partial charge in [-0.25, -0.2) is 0 Å². The van der Waals surface area contributed by atoms with Crippen LogP contribution in [0.1, 0.15) is 31.2 Å². The van der Waals surface area contributed by atoms with Crippen LogP contribution in [0.2, 0.25) is 0 Å². The Morgan fingerprint density at radius 2 is 2.11 bits per heavy atom. The average Bonchev–Trinajstić information content (AvgIpc) is 3.13. The summed E-state index contributed by atoms with van der Waals surface area (Å²) < 4.78 is 11.3. The monoisotopic (exact) mass is 261 g/mol. The van der Waals surface area contributed by atoms with Crippen molar-refractivity contribution in [3.05, 3.63) is 23.8 Å². The van der Waals surface area contributed by atoms with Crippen LogP contribution in [0.3, 0.4) is 0 Å². The first kappa shape index (κ1) is 12.8. The van der Waals surface area contributed by atoms with Gasteiger partial charge in [-0.3, -0.25) is 0 Å². The number of ether oxygens (including phenoxy) is 2. The van der Waals surface area contributed by atoms with Crippen LogP contribution >= 0.6 is 0 Å². The summed E-state index contributed by atoms with van der Waals surface area (Å²) in [4.78, 5) is 0. The lowest BCUT2D eigenvalue weighted by Crippen LogP contribution is -2.23. The zero-order valence-corrected chi connectivity index (χ0v) is 11.7. The molecular weight excluding hydrogens is 238 g/mol. The molecular formula is C16H23NO2. The van der Waals surface area contributed by atoms with Crippen molar-refractivity contribution < 1.29 is 9.47 Å². The van der Waals surface area contributed by atoms with Gasteiger partial charge in [0.25, 0.3) is 0 Å². The number of rotatable bonds is 6. The molecule has 1 saturated heterocycles. The first-order chi connectivity index (χ1) is 9.35. The molecule has 0 radical (unpaired) electrons. The molecule has 19 heavy (non-hydrogen) atoms. The van der Waals surface area contributed by atoms with Crippen LogP contribution in [-0.2, 0) is 6.42 Å². The molecule has 1 aliphatic carbocycles. The lowest BCUT2D eigenvalue weighted by Gasteiger charge is -2.14. The van der Waals surface area contributed by atoms with E-state index in [0.717, 1.165) is 37.0 Å². The van der Waals surface area contributed by atoms with Gasteiger partial charge in [-0.15, -0.1) is 0 Å². The van der Waals surface area contributed by atoms with Gasteiger partial charge in [0.1, 0.15) is 0 Å². The van der Waals surface area contributed by atoms with E-state index in [4.69, 9.17) is 9.47 Å². The molecule has 1 N–H and O–H groups in total. The number of nitrogens with one attached hydrogen (secondary N) is 1. The van der Waals surface area contributed by atoms with E-state index in [1.165, 1.54) is 31.2 Å². The molecule has 1 unspecified atom stereocenters. The van der Waals surface area contributed by atoms with Crippen LogP contribution in [0.25, 0.3) is 0 Å². The van der Waals surface area contributed by atoms with Crippen molar-refractivity contribution in [2.45, 2.75) is 38.1 Å². The quantitative estimate of drug-likeness (QED) is 0.854. The minimum absolute atomic E-state index is 0.628. The van der Waals surface area contributed by atoms with Crippen molar-refractivity contribution in [1.82, 2.24) is 5.32 Å². The first-order valence-electron chi connectivity index (χ1n) is 7.38.